The third-order valence-electron chi connectivity index (χ3n) is 4.37. The average Bonchev–Trinajstić information content (AvgIpc) is 3.02. The molecular formula is C15H18N6O3. The average molecular weight is 330 g/mol. The Balaban J connectivity index is 2.05. The van der Waals surface area contributed by atoms with Gasteiger partial charge in [0.15, 0.2) is 11.4 Å². The molecule has 1 atom stereocenters. The molecule has 2 aromatic rings. The van der Waals surface area contributed by atoms with Crippen molar-refractivity contribution in [1.29, 1.82) is 5.26 Å². The van der Waals surface area contributed by atoms with Crippen molar-refractivity contribution in [1.82, 2.24) is 19.3 Å². The first-order valence-electron chi connectivity index (χ1n) is 7.69. The summed E-state index contributed by atoms with van der Waals surface area (Å²) < 4.78 is 7.34. The SMILES string of the molecule is Cc1nc(C2CCCN(c3c(C#N)c(=O)n(C)c(=O)n3C)C2)no1. The van der Waals surface area contributed by atoms with Crippen molar-refractivity contribution in [2.24, 2.45) is 14.1 Å². The molecule has 3 heterocycles. The van der Waals surface area contributed by atoms with Gasteiger partial charge in [-0.05, 0) is 12.8 Å². The number of aromatic nitrogens is 4. The van der Waals surface area contributed by atoms with Crippen LogP contribution in [0.25, 0.3) is 0 Å². The second-order valence-corrected chi connectivity index (χ2v) is 5.97. The molecule has 0 radical (unpaired) electrons. The molecule has 9 nitrogen and oxygen atoms in total. The molecule has 126 valence electrons. The molecule has 0 aromatic carbocycles. The van der Waals surface area contributed by atoms with Gasteiger partial charge in [0.25, 0.3) is 5.56 Å². The van der Waals surface area contributed by atoms with Crippen LogP contribution in [0.2, 0.25) is 0 Å². The van der Waals surface area contributed by atoms with Crippen LogP contribution in [-0.2, 0) is 14.1 Å². The van der Waals surface area contributed by atoms with Crippen LogP contribution < -0.4 is 16.1 Å². The number of hydrogen-bond acceptors (Lipinski definition) is 7. The largest absolute Gasteiger partial charge is 0.356 e. The maximum Gasteiger partial charge on any atom is 0.332 e. The molecular weight excluding hydrogens is 312 g/mol. The Labute approximate surface area is 137 Å². The van der Waals surface area contributed by atoms with E-state index in [1.807, 2.05) is 11.0 Å². The molecule has 3 rings (SSSR count). The van der Waals surface area contributed by atoms with Crippen molar-refractivity contribution in [3.8, 4) is 6.07 Å². The second kappa shape index (κ2) is 5.96. The van der Waals surface area contributed by atoms with Gasteiger partial charge in [-0.2, -0.15) is 10.2 Å². The van der Waals surface area contributed by atoms with Crippen molar-refractivity contribution < 1.29 is 4.52 Å². The molecule has 0 bridgehead atoms. The Bertz CT molecular complexity index is 932. The maximum atomic E-state index is 12.3. The van der Waals surface area contributed by atoms with Crippen molar-refractivity contribution in [2.45, 2.75) is 25.7 Å². The van der Waals surface area contributed by atoms with Gasteiger partial charge >= 0.3 is 5.69 Å². The molecule has 0 saturated carbocycles. The zero-order valence-corrected chi connectivity index (χ0v) is 13.8. The molecule has 9 heteroatoms. The van der Waals surface area contributed by atoms with E-state index in [0.717, 1.165) is 17.4 Å². The normalized spacial score (nSPS) is 17.8. The molecule has 1 unspecified atom stereocenters. The number of nitrogens with zero attached hydrogens (tertiary/aromatic N) is 6. The van der Waals surface area contributed by atoms with Crippen LogP contribution in [-0.4, -0.2) is 32.4 Å². The minimum absolute atomic E-state index is 0.0236. The number of hydrogen-bond donors (Lipinski definition) is 0. The first-order chi connectivity index (χ1) is 11.4. The van der Waals surface area contributed by atoms with E-state index in [-0.39, 0.29) is 11.5 Å². The molecule has 0 N–H and O–H groups in total. The maximum absolute atomic E-state index is 12.3. The summed E-state index contributed by atoms with van der Waals surface area (Å²) in [6.07, 6.45) is 1.72. The summed E-state index contributed by atoms with van der Waals surface area (Å²) in [5.74, 6) is 1.50. The van der Waals surface area contributed by atoms with E-state index in [4.69, 9.17) is 4.52 Å². The van der Waals surface area contributed by atoms with E-state index in [9.17, 15) is 14.9 Å². The molecule has 2 aromatic heterocycles. The predicted octanol–water partition coefficient (Wildman–Crippen LogP) is 0.0311. The van der Waals surface area contributed by atoms with Crippen LogP contribution in [0.3, 0.4) is 0 Å². The van der Waals surface area contributed by atoms with Crippen LogP contribution in [0.5, 0.6) is 0 Å². The van der Waals surface area contributed by atoms with Crippen molar-refractivity contribution in [3.05, 3.63) is 38.1 Å². The molecule has 1 saturated heterocycles. The van der Waals surface area contributed by atoms with Gasteiger partial charge in [0.1, 0.15) is 11.9 Å². The van der Waals surface area contributed by atoms with E-state index in [1.165, 1.54) is 11.6 Å². The summed E-state index contributed by atoms with van der Waals surface area (Å²) in [6, 6.07) is 1.94. The number of aryl methyl sites for hydroxylation is 1. The van der Waals surface area contributed by atoms with Gasteiger partial charge in [-0.15, -0.1) is 0 Å². The highest BCUT2D eigenvalue weighted by atomic mass is 16.5. The van der Waals surface area contributed by atoms with E-state index < -0.39 is 11.2 Å². The fourth-order valence-electron chi connectivity index (χ4n) is 3.16. The van der Waals surface area contributed by atoms with Gasteiger partial charge in [-0.3, -0.25) is 13.9 Å². The quantitative estimate of drug-likeness (QED) is 0.764. The van der Waals surface area contributed by atoms with Crippen molar-refractivity contribution >= 4 is 5.82 Å². The summed E-state index contributed by atoms with van der Waals surface area (Å²) in [6.45, 7) is 2.91. The lowest BCUT2D eigenvalue weighted by atomic mass is 9.97. The second-order valence-electron chi connectivity index (χ2n) is 5.97. The highest BCUT2D eigenvalue weighted by molar-refractivity contribution is 5.54. The fourth-order valence-corrected chi connectivity index (χ4v) is 3.16. The number of rotatable bonds is 2. The van der Waals surface area contributed by atoms with Crippen LogP contribution >= 0.6 is 0 Å². The van der Waals surface area contributed by atoms with E-state index in [2.05, 4.69) is 10.1 Å². The zero-order valence-electron chi connectivity index (χ0n) is 13.8. The summed E-state index contributed by atoms with van der Waals surface area (Å²) in [5.41, 5.74) is -1.05. The first-order valence-corrected chi connectivity index (χ1v) is 7.69. The van der Waals surface area contributed by atoms with Gasteiger partial charge in [0, 0.05) is 40.0 Å². The van der Waals surface area contributed by atoms with Gasteiger partial charge in [-0.1, -0.05) is 5.16 Å². The Morgan fingerprint density at radius 3 is 2.67 bits per heavy atom. The summed E-state index contributed by atoms with van der Waals surface area (Å²) in [4.78, 5) is 30.6. The Kier molecular flexibility index (Phi) is 3.97. The number of anilines is 1. The molecule has 0 aliphatic carbocycles. The van der Waals surface area contributed by atoms with Gasteiger partial charge in [0.05, 0.1) is 0 Å². The lowest BCUT2D eigenvalue weighted by Gasteiger charge is -2.34. The zero-order chi connectivity index (χ0) is 17.4. The molecule has 0 spiro atoms. The smallest absolute Gasteiger partial charge is 0.332 e. The first kappa shape index (κ1) is 16.0. The highest BCUT2D eigenvalue weighted by Crippen LogP contribution is 2.28. The molecule has 1 aliphatic rings. The predicted molar refractivity (Wildman–Crippen MR) is 84.9 cm³/mol. The topological polar surface area (TPSA) is 110 Å². The van der Waals surface area contributed by atoms with Crippen LogP contribution in [0.4, 0.5) is 5.82 Å². The Morgan fingerprint density at radius 2 is 2.04 bits per heavy atom. The highest BCUT2D eigenvalue weighted by Gasteiger charge is 2.29. The van der Waals surface area contributed by atoms with Gasteiger partial charge in [0.2, 0.25) is 5.89 Å². The van der Waals surface area contributed by atoms with Gasteiger partial charge < -0.3 is 9.42 Å². The summed E-state index contributed by atoms with van der Waals surface area (Å²) in [7, 11) is 2.94. The summed E-state index contributed by atoms with van der Waals surface area (Å²) in [5, 5.41) is 13.4. The van der Waals surface area contributed by atoms with Crippen LogP contribution in [0.1, 0.15) is 36.0 Å². The fraction of sp³-hybridized carbons (Fsp3) is 0.533. The third-order valence-corrected chi connectivity index (χ3v) is 4.37. The third kappa shape index (κ3) is 2.50. The van der Waals surface area contributed by atoms with Gasteiger partial charge in [-0.25, -0.2) is 4.79 Å². The van der Waals surface area contributed by atoms with E-state index in [1.54, 1.807) is 14.0 Å². The minimum Gasteiger partial charge on any atom is -0.356 e. The standard InChI is InChI=1S/C15H18N6O3/c1-9-17-12(18-24-9)10-5-4-6-21(8-10)13-11(7-16)14(22)20(3)15(23)19(13)2/h10H,4-6,8H2,1-3H3. The molecule has 24 heavy (non-hydrogen) atoms. The number of nitriles is 1. The monoisotopic (exact) mass is 330 g/mol. The van der Waals surface area contributed by atoms with Crippen LogP contribution in [0.15, 0.2) is 14.1 Å². The van der Waals surface area contributed by atoms with E-state index in [0.29, 0.717) is 30.6 Å². The molecule has 1 aliphatic heterocycles. The van der Waals surface area contributed by atoms with Crippen LogP contribution in [0, 0.1) is 18.3 Å². The minimum atomic E-state index is -0.576. The van der Waals surface area contributed by atoms with Crippen molar-refractivity contribution in [3.63, 3.8) is 0 Å². The lowest BCUT2D eigenvalue weighted by Crippen LogP contribution is -2.45. The Hall–Kier alpha value is -2.89. The lowest BCUT2D eigenvalue weighted by molar-refractivity contribution is 0.376. The van der Waals surface area contributed by atoms with E-state index >= 15 is 0 Å². The number of piperidine rings is 1. The molecule has 0 amide bonds. The Morgan fingerprint density at radius 1 is 1.29 bits per heavy atom. The summed E-state index contributed by atoms with van der Waals surface area (Å²) >= 11 is 0. The van der Waals surface area contributed by atoms with Crippen molar-refractivity contribution in [2.75, 3.05) is 18.0 Å². The molecule has 1 fully saturated rings.